The van der Waals surface area contributed by atoms with Crippen molar-refractivity contribution in [3.05, 3.63) is 71.2 Å². The van der Waals surface area contributed by atoms with E-state index in [1.165, 1.54) is 11.8 Å². The number of nitrogens with one attached hydrogen (secondary N) is 1. The lowest BCUT2D eigenvalue weighted by molar-refractivity contribution is -0.122. The van der Waals surface area contributed by atoms with Gasteiger partial charge in [0.05, 0.1) is 21.8 Å². The number of thiocarbonyl (C=S) groups is 1. The van der Waals surface area contributed by atoms with Crippen molar-refractivity contribution < 1.29 is 4.79 Å². The second-order valence-corrected chi connectivity index (χ2v) is 9.15. The summed E-state index contributed by atoms with van der Waals surface area (Å²) in [7, 11) is 0. The molecule has 1 N–H and O–H groups in total. The Morgan fingerprint density at radius 2 is 2.06 bits per heavy atom. The number of tetrazole rings is 1. The van der Waals surface area contributed by atoms with E-state index >= 15 is 0 Å². The molecule has 3 aromatic heterocycles. The Labute approximate surface area is 199 Å². The fourth-order valence-electron chi connectivity index (χ4n) is 3.60. The minimum atomic E-state index is -0.0754. The second kappa shape index (κ2) is 9.55. The third-order valence-electron chi connectivity index (χ3n) is 5.24. The van der Waals surface area contributed by atoms with Gasteiger partial charge in [-0.25, -0.2) is 4.98 Å². The van der Waals surface area contributed by atoms with E-state index in [4.69, 9.17) is 17.2 Å². The van der Waals surface area contributed by atoms with Crippen LogP contribution in [0.5, 0.6) is 0 Å². The maximum Gasteiger partial charge on any atom is 0.266 e. The van der Waals surface area contributed by atoms with Gasteiger partial charge in [0.25, 0.3) is 5.91 Å². The van der Waals surface area contributed by atoms with Crippen molar-refractivity contribution in [3.8, 4) is 11.3 Å². The fraction of sp³-hybridized carbons (Fsp3) is 0.174. The van der Waals surface area contributed by atoms with Gasteiger partial charge in [-0.3, -0.25) is 14.7 Å². The van der Waals surface area contributed by atoms with Gasteiger partial charge in [-0.05, 0) is 49.2 Å². The van der Waals surface area contributed by atoms with E-state index in [9.17, 15) is 4.79 Å². The minimum Gasteiger partial charge on any atom is -0.293 e. The predicted octanol–water partition coefficient (Wildman–Crippen LogP) is 4.03. The summed E-state index contributed by atoms with van der Waals surface area (Å²) in [5.74, 6) is 0.600. The third-order valence-corrected chi connectivity index (χ3v) is 6.62. The Morgan fingerprint density at radius 3 is 2.94 bits per heavy atom. The van der Waals surface area contributed by atoms with Gasteiger partial charge in [0.2, 0.25) is 0 Å². The fourth-order valence-corrected chi connectivity index (χ4v) is 4.89. The van der Waals surface area contributed by atoms with Gasteiger partial charge < -0.3 is 0 Å². The van der Waals surface area contributed by atoms with Crippen molar-refractivity contribution in [3.63, 3.8) is 0 Å². The first kappa shape index (κ1) is 21.4. The Hall–Kier alpha value is -3.50. The number of aromatic amines is 1. The van der Waals surface area contributed by atoms with Crippen molar-refractivity contribution >= 4 is 51.2 Å². The van der Waals surface area contributed by atoms with Gasteiger partial charge in [0.1, 0.15) is 4.32 Å². The summed E-state index contributed by atoms with van der Waals surface area (Å²) in [6.07, 6.45) is 5.96. The number of hydrogen-bond donors (Lipinski definition) is 1. The molecule has 1 fully saturated rings. The zero-order valence-corrected chi connectivity index (χ0v) is 19.1. The standard InChI is InChI=1S/C23H19N7OS2/c31-22-20(33-23(32)30(22)12-2-1-8-21-26-28-29-27-21)14-17-6-3-7-19(25-17)16-9-10-18-15(13-16)5-4-11-24-18/h3-7,9-11,13-14H,1-2,8,12H2,(H,26,27,28,29). The average Bonchev–Trinajstić information content (AvgIpc) is 3.45. The van der Waals surface area contributed by atoms with Gasteiger partial charge in [-0.2, -0.15) is 5.21 Å². The van der Waals surface area contributed by atoms with Gasteiger partial charge >= 0.3 is 0 Å². The molecule has 1 aromatic carbocycles. The molecule has 0 unspecified atom stereocenters. The zero-order valence-electron chi connectivity index (χ0n) is 17.5. The number of fused-ring (bicyclic) bond motifs is 1. The lowest BCUT2D eigenvalue weighted by atomic mass is 10.1. The zero-order chi connectivity index (χ0) is 22.6. The number of benzene rings is 1. The molecule has 0 atom stereocenters. The number of H-pyrrole nitrogens is 1. The highest BCUT2D eigenvalue weighted by Gasteiger charge is 2.31. The lowest BCUT2D eigenvalue weighted by Gasteiger charge is -2.13. The van der Waals surface area contributed by atoms with E-state index in [0.29, 0.717) is 28.0 Å². The molecule has 0 saturated carbocycles. The quantitative estimate of drug-likeness (QED) is 0.244. The molecular formula is C23H19N7OS2. The van der Waals surface area contributed by atoms with E-state index in [1.807, 2.05) is 48.5 Å². The smallest absolute Gasteiger partial charge is 0.266 e. The first-order valence-electron chi connectivity index (χ1n) is 10.5. The van der Waals surface area contributed by atoms with Crippen LogP contribution in [0.25, 0.3) is 28.2 Å². The highest BCUT2D eigenvalue weighted by atomic mass is 32.2. The molecule has 1 amide bonds. The second-order valence-electron chi connectivity index (χ2n) is 7.48. The molecule has 8 nitrogen and oxygen atoms in total. The molecule has 10 heteroatoms. The minimum absolute atomic E-state index is 0.0754. The summed E-state index contributed by atoms with van der Waals surface area (Å²) in [4.78, 5) is 24.3. The van der Waals surface area contributed by atoms with Crippen molar-refractivity contribution in [2.45, 2.75) is 19.3 Å². The number of amides is 1. The maximum atomic E-state index is 12.9. The van der Waals surface area contributed by atoms with E-state index in [1.54, 1.807) is 11.1 Å². The van der Waals surface area contributed by atoms with Crippen molar-refractivity contribution in [1.29, 1.82) is 0 Å². The van der Waals surface area contributed by atoms with Crippen molar-refractivity contribution in [2.75, 3.05) is 6.54 Å². The first-order chi connectivity index (χ1) is 16.2. The SMILES string of the molecule is O=C1C(=Cc2cccc(-c3ccc4ncccc4c3)n2)SC(=S)N1CCCCc1nn[nH]n1. The number of rotatable bonds is 7. The van der Waals surface area contributed by atoms with E-state index in [0.717, 1.165) is 40.7 Å². The van der Waals surface area contributed by atoms with Crippen LogP contribution in [0.3, 0.4) is 0 Å². The topological polar surface area (TPSA) is 101 Å². The van der Waals surface area contributed by atoms with Crippen LogP contribution in [0, 0.1) is 0 Å². The average molecular weight is 474 g/mol. The van der Waals surface area contributed by atoms with Crippen LogP contribution >= 0.6 is 24.0 Å². The van der Waals surface area contributed by atoms with Crippen LogP contribution in [0.15, 0.2) is 59.6 Å². The van der Waals surface area contributed by atoms with E-state index < -0.39 is 0 Å². The van der Waals surface area contributed by atoms with Gasteiger partial charge in [0, 0.05) is 30.1 Å². The number of hydrogen-bond acceptors (Lipinski definition) is 8. The number of aryl methyl sites for hydroxylation is 1. The Bertz CT molecular complexity index is 1350. The number of nitrogens with zero attached hydrogens (tertiary/aromatic N) is 6. The molecule has 0 radical (unpaired) electrons. The molecule has 164 valence electrons. The highest BCUT2D eigenvalue weighted by molar-refractivity contribution is 8.26. The summed E-state index contributed by atoms with van der Waals surface area (Å²) in [5, 5.41) is 14.9. The highest BCUT2D eigenvalue weighted by Crippen LogP contribution is 2.33. The Balaban J connectivity index is 1.28. The van der Waals surface area contributed by atoms with Crippen LogP contribution in [0.1, 0.15) is 24.4 Å². The molecule has 4 aromatic rings. The number of thioether (sulfide) groups is 1. The van der Waals surface area contributed by atoms with Crippen molar-refractivity contribution in [1.82, 2.24) is 35.5 Å². The number of aromatic nitrogens is 6. The largest absolute Gasteiger partial charge is 0.293 e. The summed E-state index contributed by atoms with van der Waals surface area (Å²) < 4.78 is 0.573. The van der Waals surface area contributed by atoms with Crippen LogP contribution in [0.4, 0.5) is 0 Å². The van der Waals surface area contributed by atoms with Gasteiger partial charge in [-0.15, -0.1) is 10.2 Å². The number of carbonyl (C=O) groups is 1. The summed E-state index contributed by atoms with van der Waals surface area (Å²) in [5.41, 5.74) is 3.50. The van der Waals surface area contributed by atoms with Crippen LogP contribution in [0.2, 0.25) is 0 Å². The summed E-state index contributed by atoms with van der Waals surface area (Å²) in [6.45, 7) is 0.568. The normalized spacial score (nSPS) is 15.2. The van der Waals surface area contributed by atoms with Gasteiger partial charge in [-0.1, -0.05) is 47.4 Å². The number of carbonyl (C=O) groups excluding carboxylic acids is 1. The number of pyridine rings is 2. The number of unbranched alkanes of at least 4 members (excludes halogenated alkanes) is 1. The first-order valence-corrected chi connectivity index (χ1v) is 11.7. The molecule has 0 bridgehead atoms. The van der Waals surface area contributed by atoms with Crippen LogP contribution in [-0.2, 0) is 11.2 Å². The molecule has 1 aliphatic rings. The van der Waals surface area contributed by atoms with Crippen LogP contribution in [-0.4, -0.2) is 52.3 Å². The molecule has 1 saturated heterocycles. The van der Waals surface area contributed by atoms with Gasteiger partial charge in [0.15, 0.2) is 5.82 Å². The van der Waals surface area contributed by atoms with Crippen molar-refractivity contribution in [2.24, 2.45) is 0 Å². The maximum absolute atomic E-state index is 12.9. The monoisotopic (exact) mass is 473 g/mol. The molecule has 1 aliphatic heterocycles. The lowest BCUT2D eigenvalue weighted by Crippen LogP contribution is -2.29. The summed E-state index contributed by atoms with van der Waals surface area (Å²) in [6, 6.07) is 15.8. The molecule has 5 rings (SSSR count). The molecule has 0 aliphatic carbocycles. The molecule has 0 spiro atoms. The Kier molecular flexibility index (Phi) is 6.18. The third kappa shape index (κ3) is 4.81. The Morgan fingerprint density at radius 1 is 1.12 bits per heavy atom. The molecule has 4 heterocycles. The predicted molar refractivity (Wildman–Crippen MR) is 132 cm³/mol. The van der Waals surface area contributed by atoms with E-state index in [-0.39, 0.29) is 5.91 Å². The molecule has 33 heavy (non-hydrogen) atoms. The summed E-state index contributed by atoms with van der Waals surface area (Å²) >= 11 is 6.77. The van der Waals surface area contributed by atoms with Crippen LogP contribution < -0.4 is 0 Å². The van der Waals surface area contributed by atoms with E-state index in [2.05, 4.69) is 31.7 Å². The molecular weight excluding hydrogens is 454 g/mol.